The molecule has 0 aliphatic rings. The molecule has 2 atom stereocenters. The van der Waals surface area contributed by atoms with E-state index in [1.165, 1.54) is 0 Å². The van der Waals surface area contributed by atoms with Crippen LogP contribution in [0.15, 0.2) is 18.3 Å². The number of hydrogen-bond donors (Lipinski definition) is 2. The molecule has 72 valence electrons. The molecule has 1 unspecified atom stereocenters. The molecule has 0 radical (unpaired) electrons. The van der Waals surface area contributed by atoms with Gasteiger partial charge in [0.05, 0.1) is 19.3 Å². The van der Waals surface area contributed by atoms with Crippen LogP contribution >= 0.6 is 0 Å². The lowest BCUT2D eigenvalue weighted by Gasteiger charge is -2.14. The van der Waals surface area contributed by atoms with Crippen LogP contribution in [0, 0.1) is 0 Å². The van der Waals surface area contributed by atoms with Crippen LogP contribution in [0.4, 0.5) is 0 Å². The van der Waals surface area contributed by atoms with Gasteiger partial charge in [-0.3, -0.25) is 0 Å². The third-order valence-electron chi connectivity index (χ3n) is 1.87. The number of ether oxygens (including phenoxy) is 1. The summed E-state index contributed by atoms with van der Waals surface area (Å²) in [7, 11) is 1.55. The van der Waals surface area contributed by atoms with E-state index >= 15 is 0 Å². The number of rotatable bonds is 3. The highest BCUT2D eigenvalue weighted by Gasteiger charge is 2.11. The largest absolute Gasteiger partial charge is 0.481 e. The molecule has 0 aliphatic carbocycles. The van der Waals surface area contributed by atoms with Crippen LogP contribution in [0.25, 0.3) is 0 Å². The van der Waals surface area contributed by atoms with Crippen molar-refractivity contribution in [2.24, 2.45) is 5.73 Å². The topological polar surface area (TPSA) is 68.4 Å². The summed E-state index contributed by atoms with van der Waals surface area (Å²) in [5, 5.41) is 9.22. The Morgan fingerprint density at radius 2 is 2.23 bits per heavy atom. The Kier molecular flexibility index (Phi) is 3.22. The first-order chi connectivity index (χ1) is 6.15. The molecule has 4 nitrogen and oxygen atoms in total. The Balaban J connectivity index is 2.79. The van der Waals surface area contributed by atoms with Crippen molar-refractivity contribution < 1.29 is 9.84 Å². The summed E-state index contributed by atoms with van der Waals surface area (Å²) in [4.78, 5) is 3.99. The summed E-state index contributed by atoms with van der Waals surface area (Å²) in [5.41, 5.74) is 6.50. The fraction of sp³-hybridized carbons (Fsp3) is 0.444. The van der Waals surface area contributed by atoms with Crippen molar-refractivity contribution in [3.63, 3.8) is 0 Å². The van der Waals surface area contributed by atoms with Gasteiger partial charge in [-0.2, -0.15) is 0 Å². The molecule has 3 N–H and O–H groups in total. The summed E-state index contributed by atoms with van der Waals surface area (Å²) in [6.45, 7) is 1.65. The lowest BCUT2D eigenvalue weighted by molar-refractivity contribution is 0.164. The van der Waals surface area contributed by atoms with Crippen LogP contribution in [0.3, 0.4) is 0 Å². The van der Waals surface area contributed by atoms with Gasteiger partial charge >= 0.3 is 0 Å². The highest BCUT2D eigenvalue weighted by atomic mass is 16.5. The smallest absolute Gasteiger partial charge is 0.212 e. The van der Waals surface area contributed by atoms with E-state index in [9.17, 15) is 5.11 Å². The molecule has 0 saturated heterocycles. The zero-order chi connectivity index (χ0) is 9.84. The van der Waals surface area contributed by atoms with Crippen LogP contribution in [-0.4, -0.2) is 23.3 Å². The Bertz CT molecular complexity index is 259. The zero-order valence-corrected chi connectivity index (χ0v) is 7.77. The molecule has 0 fully saturated rings. The Hall–Kier alpha value is -1.13. The summed E-state index contributed by atoms with van der Waals surface area (Å²) < 4.78 is 4.89. The lowest BCUT2D eigenvalue weighted by atomic mass is 10.1. The minimum atomic E-state index is -0.574. The standard InChI is InChI=1S/C9H14N2O2/c1-6(12)9(10)7-3-4-8(13-2)11-5-7/h3-6,9,12H,10H2,1-2H3/t6?,9-/m0/s1. The van der Waals surface area contributed by atoms with Gasteiger partial charge in [0.15, 0.2) is 0 Å². The van der Waals surface area contributed by atoms with Crippen LogP contribution in [0.5, 0.6) is 5.88 Å². The second-order valence-electron chi connectivity index (χ2n) is 2.90. The van der Waals surface area contributed by atoms with Crippen molar-refractivity contribution in [3.05, 3.63) is 23.9 Å². The van der Waals surface area contributed by atoms with Gasteiger partial charge in [0, 0.05) is 12.3 Å². The van der Waals surface area contributed by atoms with Gasteiger partial charge in [-0.25, -0.2) is 4.98 Å². The lowest BCUT2D eigenvalue weighted by Crippen LogP contribution is -2.23. The molecule has 4 heteroatoms. The van der Waals surface area contributed by atoms with Crippen molar-refractivity contribution in [3.8, 4) is 5.88 Å². The quantitative estimate of drug-likeness (QED) is 0.713. The van der Waals surface area contributed by atoms with Crippen molar-refractivity contribution in [2.75, 3.05) is 7.11 Å². The van der Waals surface area contributed by atoms with Gasteiger partial charge in [0.25, 0.3) is 0 Å². The van der Waals surface area contributed by atoms with E-state index in [1.807, 2.05) is 0 Å². The fourth-order valence-corrected chi connectivity index (χ4v) is 0.988. The average molecular weight is 182 g/mol. The molecular weight excluding hydrogens is 168 g/mol. The highest BCUT2D eigenvalue weighted by Crippen LogP contribution is 2.15. The van der Waals surface area contributed by atoms with Crippen LogP contribution in [0.1, 0.15) is 18.5 Å². The van der Waals surface area contributed by atoms with Gasteiger partial charge < -0.3 is 15.6 Å². The molecule has 13 heavy (non-hydrogen) atoms. The second kappa shape index (κ2) is 4.20. The van der Waals surface area contributed by atoms with Gasteiger partial charge in [-0.15, -0.1) is 0 Å². The van der Waals surface area contributed by atoms with E-state index < -0.39 is 12.1 Å². The van der Waals surface area contributed by atoms with Crippen molar-refractivity contribution >= 4 is 0 Å². The number of methoxy groups -OCH3 is 1. The van der Waals surface area contributed by atoms with Gasteiger partial charge in [0.2, 0.25) is 5.88 Å². The first kappa shape index (κ1) is 9.95. The third-order valence-corrected chi connectivity index (χ3v) is 1.87. The number of aromatic nitrogens is 1. The molecule has 1 aromatic heterocycles. The highest BCUT2D eigenvalue weighted by molar-refractivity contribution is 5.21. The average Bonchev–Trinajstić information content (AvgIpc) is 2.17. The van der Waals surface area contributed by atoms with E-state index in [-0.39, 0.29) is 0 Å². The van der Waals surface area contributed by atoms with E-state index in [0.29, 0.717) is 5.88 Å². The number of aliphatic hydroxyl groups excluding tert-OH is 1. The molecule has 0 aromatic carbocycles. The van der Waals surface area contributed by atoms with Gasteiger partial charge in [0.1, 0.15) is 0 Å². The maximum atomic E-state index is 9.22. The number of aliphatic hydroxyl groups is 1. The van der Waals surface area contributed by atoms with E-state index in [0.717, 1.165) is 5.56 Å². The Morgan fingerprint density at radius 1 is 1.54 bits per heavy atom. The summed E-state index contributed by atoms with van der Waals surface area (Å²) >= 11 is 0. The maximum absolute atomic E-state index is 9.22. The monoisotopic (exact) mass is 182 g/mol. The molecule has 0 bridgehead atoms. The normalized spacial score (nSPS) is 15.1. The van der Waals surface area contributed by atoms with Crippen molar-refractivity contribution in [2.45, 2.75) is 19.1 Å². The second-order valence-corrected chi connectivity index (χ2v) is 2.90. The number of hydrogen-bond acceptors (Lipinski definition) is 4. The van der Waals surface area contributed by atoms with E-state index in [2.05, 4.69) is 4.98 Å². The maximum Gasteiger partial charge on any atom is 0.212 e. The van der Waals surface area contributed by atoms with Gasteiger partial charge in [-0.1, -0.05) is 6.07 Å². The number of nitrogens with zero attached hydrogens (tertiary/aromatic N) is 1. The van der Waals surface area contributed by atoms with Crippen molar-refractivity contribution in [1.82, 2.24) is 4.98 Å². The molecule has 1 aromatic rings. The fourth-order valence-electron chi connectivity index (χ4n) is 0.988. The molecule has 1 rings (SSSR count). The van der Waals surface area contributed by atoms with Gasteiger partial charge in [-0.05, 0) is 12.5 Å². The minimum Gasteiger partial charge on any atom is -0.481 e. The van der Waals surface area contributed by atoms with Crippen LogP contribution in [0.2, 0.25) is 0 Å². The minimum absolute atomic E-state index is 0.390. The molecule has 1 heterocycles. The summed E-state index contributed by atoms with van der Waals surface area (Å²) in [6.07, 6.45) is 1.03. The molecule has 0 spiro atoms. The van der Waals surface area contributed by atoms with E-state index in [4.69, 9.17) is 10.5 Å². The summed E-state index contributed by atoms with van der Waals surface area (Å²) in [6, 6.07) is 3.12. The Labute approximate surface area is 77.4 Å². The number of nitrogens with two attached hydrogens (primary N) is 1. The SMILES string of the molecule is COc1ccc([C@@H](N)C(C)O)cn1. The van der Waals surface area contributed by atoms with Crippen LogP contribution < -0.4 is 10.5 Å². The predicted molar refractivity (Wildman–Crippen MR) is 49.4 cm³/mol. The molecule has 0 amide bonds. The van der Waals surface area contributed by atoms with Crippen LogP contribution in [-0.2, 0) is 0 Å². The first-order valence-electron chi connectivity index (χ1n) is 4.08. The van der Waals surface area contributed by atoms with Crippen molar-refractivity contribution in [1.29, 1.82) is 0 Å². The zero-order valence-electron chi connectivity index (χ0n) is 7.77. The Morgan fingerprint density at radius 3 is 2.62 bits per heavy atom. The van der Waals surface area contributed by atoms with E-state index in [1.54, 1.807) is 32.4 Å². The molecule has 0 aliphatic heterocycles. The molecular formula is C9H14N2O2. The predicted octanol–water partition coefficient (Wildman–Crippen LogP) is 0.471. The number of pyridine rings is 1. The first-order valence-corrected chi connectivity index (χ1v) is 4.08. The third kappa shape index (κ3) is 2.40. The summed E-state index contributed by atoms with van der Waals surface area (Å²) in [5.74, 6) is 0.543. The molecule has 0 saturated carbocycles.